The Morgan fingerprint density at radius 3 is 2.25 bits per heavy atom. The quantitative estimate of drug-likeness (QED) is 0.680. The fourth-order valence-corrected chi connectivity index (χ4v) is 5.96. The Hall–Kier alpha value is -0.0800. The fraction of sp³-hybridized carbons (Fsp3) is 1.00. The van der Waals surface area contributed by atoms with Gasteiger partial charge >= 0.3 is 0 Å². The van der Waals surface area contributed by atoms with Crippen molar-refractivity contribution in [1.29, 1.82) is 0 Å². The van der Waals surface area contributed by atoms with Crippen molar-refractivity contribution >= 4 is 0 Å². The summed E-state index contributed by atoms with van der Waals surface area (Å²) >= 11 is 0. The van der Waals surface area contributed by atoms with E-state index in [-0.39, 0.29) is 11.2 Å². The van der Waals surface area contributed by atoms with Crippen molar-refractivity contribution in [3.63, 3.8) is 0 Å². The van der Waals surface area contributed by atoms with Crippen LogP contribution in [0.25, 0.3) is 0 Å². The van der Waals surface area contributed by atoms with Crippen molar-refractivity contribution in [2.24, 2.45) is 35.5 Å². The largest absolute Gasteiger partial charge is 0.366 e. The minimum absolute atomic E-state index is 0.174. The normalized spacial score (nSPS) is 68.1. The Morgan fingerprint density at radius 1 is 0.850 bits per heavy atom. The Bertz CT molecular complexity index is 435. The molecule has 0 aromatic heterocycles. The van der Waals surface area contributed by atoms with Gasteiger partial charge in [-0.15, -0.1) is 0 Å². The fourth-order valence-electron chi connectivity index (χ4n) is 5.96. The van der Waals surface area contributed by atoms with Gasteiger partial charge in [0.05, 0.1) is 23.4 Å². The number of fused-ring (bicyclic) bond motifs is 2. The summed E-state index contributed by atoms with van der Waals surface area (Å²) in [6, 6.07) is 0. The van der Waals surface area contributed by atoms with Gasteiger partial charge in [-0.3, -0.25) is 0 Å². The zero-order valence-electron chi connectivity index (χ0n) is 13.8. The predicted molar refractivity (Wildman–Crippen MR) is 79.4 cm³/mol. The topological polar surface area (TPSA) is 25.1 Å². The highest BCUT2D eigenvalue weighted by atomic mass is 16.6. The molecule has 2 aliphatic heterocycles. The van der Waals surface area contributed by atoms with E-state index >= 15 is 0 Å². The van der Waals surface area contributed by atoms with E-state index in [1.807, 2.05) is 0 Å². The maximum Gasteiger partial charge on any atom is 0.0951 e. The van der Waals surface area contributed by atoms with Crippen molar-refractivity contribution in [2.75, 3.05) is 0 Å². The van der Waals surface area contributed by atoms with Gasteiger partial charge in [0, 0.05) is 0 Å². The van der Waals surface area contributed by atoms with Crippen LogP contribution in [0.3, 0.4) is 0 Å². The highest BCUT2D eigenvalue weighted by Crippen LogP contribution is 2.62. The second-order valence-corrected chi connectivity index (χ2v) is 8.83. The molecule has 4 aliphatic rings. The van der Waals surface area contributed by atoms with Gasteiger partial charge in [-0.25, -0.2) is 0 Å². The number of epoxide rings is 2. The smallest absolute Gasteiger partial charge is 0.0951 e. The number of rotatable bonds is 1. The molecule has 10 atom stereocenters. The second-order valence-electron chi connectivity index (χ2n) is 8.83. The first kappa shape index (κ1) is 13.6. The lowest BCUT2D eigenvalue weighted by atomic mass is 9.57. The Balaban J connectivity index is 1.60. The molecule has 20 heavy (non-hydrogen) atoms. The van der Waals surface area contributed by atoms with Crippen LogP contribution in [0.2, 0.25) is 0 Å². The molecular weight excluding hydrogens is 248 g/mol. The third-order valence-electron chi connectivity index (χ3n) is 7.71. The molecule has 0 amide bonds. The first-order chi connectivity index (χ1) is 9.28. The van der Waals surface area contributed by atoms with E-state index in [0.29, 0.717) is 24.0 Å². The van der Waals surface area contributed by atoms with E-state index in [2.05, 4.69) is 41.5 Å². The van der Waals surface area contributed by atoms with E-state index in [4.69, 9.17) is 9.47 Å². The van der Waals surface area contributed by atoms with Crippen LogP contribution in [-0.2, 0) is 9.47 Å². The van der Waals surface area contributed by atoms with Crippen LogP contribution in [0, 0.1) is 35.5 Å². The van der Waals surface area contributed by atoms with E-state index in [0.717, 1.165) is 23.7 Å². The van der Waals surface area contributed by atoms with Gasteiger partial charge in [0.1, 0.15) is 0 Å². The minimum atomic E-state index is 0.174. The Labute approximate surface area is 123 Å². The van der Waals surface area contributed by atoms with Crippen molar-refractivity contribution in [2.45, 2.75) is 77.8 Å². The van der Waals surface area contributed by atoms with Crippen LogP contribution < -0.4 is 0 Å². The Morgan fingerprint density at radius 2 is 1.55 bits per heavy atom. The first-order valence-electron chi connectivity index (χ1n) is 8.63. The van der Waals surface area contributed by atoms with Gasteiger partial charge in [0.15, 0.2) is 0 Å². The van der Waals surface area contributed by atoms with Crippen molar-refractivity contribution in [1.82, 2.24) is 0 Å². The number of ether oxygens (including phenoxy) is 2. The molecule has 0 aromatic rings. The highest BCUT2D eigenvalue weighted by molar-refractivity contribution is 5.15. The molecule has 2 nitrogen and oxygen atoms in total. The molecule has 2 aliphatic carbocycles. The molecule has 0 spiro atoms. The molecule has 0 N–H and O–H groups in total. The van der Waals surface area contributed by atoms with Crippen molar-refractivity contribution in [3.8, 4) is 0 Å². The predicted octanol–water partition coefficient (Wildman–Crippen LogP) is 3.89. The van der Waals surface area contributed by atoms with Gasteiger partial charge in [-0.2, -0.15) is 0 Å². The van der Waals surface area contributed by atoms with Crippen LogP contribution in [0.4, 0.5) is 0 Å². The Kier molecular flexibility index (Phi) is 2.59. The minimum Gasteiger partial charge on any atom is -0.366 e. The molecule has 0 aromatic carbocycles. The molecular formula is C18H30O2. The number of hydrogen-bond acceptors (Lipinski definition) is 2. The van der Waals surface area contributed by atoms with Crippen molar-refractivity contribution < 1.29 is 9.47 Å². The van der Waals surface area contributed by atoms with E-state index < -0.39 is 0 Å². The number of hydrogen-bond donors (Lipinski definition) is 0. The molecule has 0 bridgehead atoms. The van der Waals surface area contributed by atoms with Crippen LogP contribution in [0.1, 0.15) is 54.4 Å². The van der Waals surface area contributed by atoms with Crippen molar-refractivity contribution in [3.05, 3.63) is 0 Å². The van der Waals surface area contributed by atoms with E-state index in [1.54, 1.807) is 0 Å². The molecule has 0 radical (unpaired) electrons. The standard InChI is InChI=1S/C18H30O2/c1-9-7-13(12(4)18(6)15(9)20-18)14-8-17(5)16(19-17)11(3)10(14)2/h9-16H,7-8H2,1-6H3. The van der Waals surface area contributed by atoms with Crippen LogP contribution in [0.5, 0.6) is 0 Å². The molecule has 2 heteroatoms. The molecule has 114 valence electrons. The molecule has 2 heterocycles. The highest BCUT2D eigenvalue weighted by Gasteiger charge is 2.67. The van der Waals surface area contributed by atoms with Gasteiger partial charge < -0.3 is 9.47 Å². The van der Waals surface area contributed by atoms with Crippen LogP contribution >= 0.6 is 0 Å². The second kappa shape index (κ2) is 3.81. The summed E-state index contributed by atoms with van der Waals surface area (Å²) < 4.78 is 12.2. The lowest BCUT2D eigenvalue weighted by Crippen LogP contribution is -2.46. The monoisotopic (exact) mass is 278 g/mol. The third-order valence-corrected chi connectivity index (χ3v) is 7.71. The zero-order valence-corrected chi connectivity index (χ0v) is 13.8. The summed E-state index contributed by atoms with van der Waals surface area (Å²) in [5.41, 5.74) is 0.370. The summed E-state index contributed by atoms with van der Waals surface area (Å²) in [6.07, 6.45) is 3.69. The summed E-state index contributed by atoms with van der Waals surface area (Å²) in [5, 5.41) is 0. The van der Waals surface area contributed by atoms with E-state index in [1.165, 1.54) is 12.8 Å². The summed E-state index contributed by atoms with van der Waals surface area (Å²) in [6.45, 7) is 14.4. The lowest BCUT2D eigenvalue weighted by Gasteiger charge is -2.45. The molecule has 2 saturated carbocycles. The summed E-state index contributed by atoms with van der Waals surface area (Å²) in [4.78, 5) is 0. The van der Waals surface area contributed by atoms with Gasteiger partial charge in [0.2, 0.25) is 0 Å². The molecule has 4 fully saturated rings. The maximum atomic E-state index is 6.10. The average molecular weight is 278 g/mol. The van der Waals surface area contributed by atoms with Crippen LogP contribution in [0.15, 0.2) is 0 Å². The first-order valence-corrected chi connectivity index (χ1v) is 8.63. The van der Waals surface area contributed by atoms with E-state index in [9.17, 15) is 0 Å². The summed E-state index contributed by atoms with van der Waals surface area (Å²) in [7, 11) is 0. The van der Waals surface area contributed by atoms with Crippen LogP contribution in [-0.4, -0.2) is 23.4 Å². The summed E-state index contributed by atoms with van der Waals surface area (Å²) in [5.74, 6) is 4.55. The third kappa shape index (κ3) is 1.58. The average Bonchev–Trinajstić information content (AvgIpc) is 3.26. The maximum absolute atomic E-state index is 6.10. The molecule has 4 rings (SSSR count). The lowest BCUT2D eigenvalue weighted by molar-refractivity contribution is 0.0436. The molecule has 10 unspecified atom stereocenters. The molecule has 2 saturated heterocycles. The van der Waals surface area contributed by atoms with Gasteiger partial charge in [-0.1, -0.05) is 27.7 Å². The van der Waals surface area contributed by atoms with Gasteiger partial charge in [0.25, 0.3) is 0 Å². The zero-order chi connectivity index (χ0) is 14.4. The van der Waals surface area contributed by atoms with Gasteiger partial charge in [-0.05, 0) is 62.2 Å². The SMILES string of the molecule is CC1CC(C2CC3(C)OC3C(C)C2C)C(C)C2(C)OC12.